The minimum Gasteiger partial charge on any atom is -0.337 e. The third kappa shape index (κ3) is 3.43. The van der Waals surface area contributed by atoms with E-state index in [1.165, 1.54) is 12.1 Å². The van der Waals surface area contributed by atoms with Crippen LogP contribution in [0.15, 0.2) is 53.1 Å². The van der Waals surface area contributed by atoms with Crippen molar-refractivity contribution in [3.63, 3.8) is 0 Å². The van der Waals surface area contributed by atoms with E-state index >= 15 is 0 Å². The number of H-pyrrole nitrogens is 1. The van der Waals surface area contributed by atoms with Crippen LogP contribution in [0.1, 0.15) is 40.8 Å². The standard InChI is InChI=1S/C21H16F3N5O2/c22-21(23,24)13-6-3-5-12(11-13)18-25-19(31-28-18)16-9-4-10-29(16)20(30)17-14-7-1-2-8-15(14)26-27-17/h1-3,5-8,11,16H,4,9-10H2,(H,26,27)/t16-/m1/s1. The Bertz CT molecular complexity index is 1260. The van der Waals surface area contributed by atoms with E-state index in [0.717, 1.165) is 24.1 Å². The number of likely N-dealkylation sites (tertiary alicyclic amines) is 1. The van der Waals surface area contributed by atoms with Gasteiger partial charge in [0.05, 0.1) is 11.1 Å². The number of para-hydroxylation sites is 1. The Morgan fingerprint density at radius 2 is 2.00 bits per heavy atom. The summed E-state index contributed by atoms with van der Waals surface area (Å²) in [6, 6.07) is 11.6. The average Bonchev–Trinajstić information content (AvgIpc) is 3.51. The van der Waals surface area contributed by atoms with Crippen molar-refractivity contribution in [2.75, 3.05) is 6.54 Å². The number of benzene rings is 2. The highest BCUT2D eigenvalue weighted by Gasteiger charge is 2.36. The van der Waals surface area contributed by atoms with Crippen LogP contribution in [-0.4, -0.2) is 37.7 Å². The third-order valence-corrected chi connectivity index (χ3v) is 5.36. The molecule has 1 atom stereocenters. The molecule has 3 heterocycles. The molecule has 0 bridgehead atoms. The molecule has 1 fully saturated rings. The van der Waals surface area contributed by atoms with Gasteiger partial charge in [-0.3, -0.25) is 9.89 Å². The normalized spacial score (nSPS) is 16.9. The summed E-state index contributed by atoms with van der Waals surface area (Å²) < 4.78 is 44.4. The molecule has 0 spiro atoms. The summed E-state index contributed by atoms with van der Waals surface area (Å²) in [5.74, 6) is -0.0255. The number of aromatic amines is 1. The number of alkyl halides is 3. The number of amides is 1. The summed E-state index contributed by atoms with van der Waals surface area (Å²) in [6.45, 7) is 0.492. The predicted molar refractivity (Wildman–Crippen MR) is 104 cm³/mol. The maximum Gasteiger partial charge on any atom is 0.416 e. The van der Waals surface area contributed by atoms with Crippen LogP contribution in [0.4, 0.5) is 13.2 Å². The smallest absolute Gasteiger partial charge is 0.337 e. The summed E-state index contributed by atoms with van der Waals surface area (Å²) in [5.41, 5.74) is 0.463. The van der Waals surface area contributed by atoms with Crippen LogP contribution in [-0.2, 0) is 6.18 Å². The molecule has 0 aliphatic carbocycles. The molecule has 5 rings (SSSR count). The Labute approximate surface area is 173 Å². The van der Waals surface area contributed by atoms with Gasteiger partial charge in [0.25, 0.3) is 5.91 Å². The summed E-state index contributed by atoms with van der Waals surface area (Å²) in [4.78, 5) is 19.1. The fraction of sp³-hybridized carbons (Fsp3) is 0.238. The highest BCUT2D eigenvalue weighted by molar-refractivity contribution is 6.04. The van der Waals surface area contributed by atoms with Gasteiger partial charge < -0.3 is 9.42 Å². The average molecular weight is 427 g/mol. The molecule has 4 aromatic rings. The highest BCUT2D eigenvalue weighted by Crippen LogP contribution is 2.35. The Hall–Kier alpha value is -3.69. The lowest BCUT2D eigenvalue weighted by atomic mass is 10.1. The van der Waals surface area contributed by atoms with E-state index in [9.17, 15) is 18.0 Å². The van der Waals surface area contributed by atoms with Crippen molar-refractivity contribution < 1.29 is 22.5 Å². The Morgan fingerprint density at radius 1 is 1.16 bits per heavy atom. The number of nitrogens with zero attached hydrogens (tertiary/aromatic N) is 4. The molecular formula is C21H16F3N5O2. The van der Waals surface area contributed by atoms with Crippen molar-refractivity contribution in [1.29, 1.82) is 0 Å². The maximum absolute atomic E-state index is 13.2. The molecule has 1 N–H and O–H groups in total. The molecular weight excluding hydrogens is 411 g/mol. The van der Waals surface area contributed by atoms with Gasteiger partial charge in [0.1, 0.15) is 6.04 Å². The molecule has 0 saturated carbocycles. The van der Waals surface area contributed by atoms with E-state index in [2.05, 4.69) is 20.3 Å². The summed E-state index contributed by atoms with van der Waals surface area (Å²) in [6.07, 6.45) is -3.12. The van der Waals surface area contributed by atoms with Gasteiger partial charge in [-0.15, -0.1) is 0 Å². The van der Waals surface area contributed by atoms with E-state index in [1.807, 2.05) is 24.3 Å². The van der Waals surface area contributed by atoms with Crippen LogP contribution in [0.3, 0.4) is 0 Å². The number of carbonyl (C=O) groups excluding carboxylic acids is 1. The highest BCUT2D eigenvalue weighted by atomic mass is 19.4. The van der Waals surface area contributed by atoms with Crippen molar-refractivity contribution in [3.05, 3.63) is 65.7 Å². The first-order valence-corrected chi connectivity index (χ1v) is 9.67. The monoisotopic (exact) mass is 427 g/mol. The second kappa shape index (κ2) is 7.22. The second-order valence-electron chi connectivity index (χ2n) is 7.31. The minimum absolute atomic E-state index is 0.0469. The molecule has 7 nitrogen and oxygen atoms in total. The van der Waals surface area contributed by atoms with E-state index in [0.29, 0.717) is 24.0 Å². The SMILES string of the molecule is O=C(c1n[nH]c2ccccc12)N1CCC[C@@H]1c1nc(-c2cccc(C(F)(F)F)c2)no1. The van der Waals surface area contributed by atoms with Gasteiger partial charge in [0, 0.05) is 17.5 Å². The van der Waals surface area contributed by atoms with Crippen molar-refractivity contribution in [2.45, 2.75) is 25.1 Å². The van der Waals surface area contributed by atoms with Crippen LogP contribution < -0.4 is 0 Å². The molecule has 0 unspecified atom stereocenters. The zero-order valence-electron chi connectivity index (χ0n) is 16.1. The molecule has 2 aromatic heterocycles. The third-order valence-electron chi connectivity index (χ3n) is 5.36. The molecule has 1 saturated heterocycles. The summed E-state index contributed by atoms with van der Waals surface area (Å²) in [5, 5.41) is 11.6. The van der Waals surface area contributed by atoms with Gasteiger partial charge in [-0.25, -0.2) is 0 Å². The van der Waals surface area contributed by atoms with E-state index < -0.39 is 17.8 Å². The molecule has 0 radical (unpaired) electrons. The van der Waals surface area contributed by atoms with Gasteiger partial charge in [-0.1, -0.05) is 35.5 Å². The van der Waals surface area contributed by atoms with E-state index in [-0.39, 0.29) is 23.2 Å². The topological polar surface area (TPSA) is 87.9 Å². The molecule has 1 aliphatic rings. The van der Waals surface area contributed by atoms with Gasteiger partial charge in [0.2, 0.25) is 11.7 Å². The van der Waals surface area contributed by atoms with Crippen LogP contribution in [0.5, 0.6) is 0 Å². The number of aromatic nitrogens is 4. The predicted octanol–water partition coefficient (Wildman–Crippen LogP) is 4.61. The number of fused-ring (bicyclic) bond motifs is 1. The van der Waals surface area contributed by atoms with Crippen LogP contribution in [0, 0.1) is 0 Å². The lowest BCUT2D eigenvalue weighted by Gasteiger charge is -2.20. The fourth-order valence-electron chi connectivity index (χ4n) is 3.85. The minimum atomic E-state index is -4.47. The second-order valence-corrected chi connectivity index (χ2v) is 7.31. The quantitative estimate of drug-likeness (QED) is 0.516. The number of hydrogen-bond donors (Lipinski definition) is 1. The zero-order chi connectivity index (χ0) is 21.6. The van der Waals surface area contributed by atoms with E-state index in [4.69, 9.17) is 4.52 Å². The van der Waals surface area contributed by atoms with Crippen LogP contribution in [0.2, 0.25) is 0 Å². The number of halogens is 3. The fourth-order valence-corrected chi connectivity index (χ4v) is 3.85. The summed E-state index contributed by atoms with van der Waals surface area (Å²) >= 11 is 0. The van der Waals surface area contributed by atoms with Crippen LogP contribution in [0.25, 0.3) is 22.3 Å². The van der Waals surface area contributed by atoms with Crippen molar-refractivity contribution in [2.24, 2.45) is 0 Å². The van der Waals surface area contributed by atoms with Crippen molar-refractivity contribution in [3.8, 4) is 11.4 Å². The zero-order valence-corrected chi connectivity index (χ0v) is 16.1. The first-order chi connectivity index (χ1) is 14.9. The molecule has 1 amide bonds. The van der Waals surface area contributed by atoms with Gasteiger partial charge >= 0.3 is 6.18 Å². The molecule has 158 valence electrons. The lowest BCUT2D eigenvalue weighted by Crippen LogP contribution is -2.31. The number of hydrogen-bond acceptors (Lipinski definition) is 5. The Morgan fingerprint density at radius 3 is 2.84 bits per heavy atom. The number of nitrogens with one attached hydrogen (secondary N) is 1. The molecule has 1 aliphatic heterocycles. The molecule has 31 heavy (non-hydrogen) atoms. The Balaban J connectivity index is 1.43. The van der Waals surface area contributed by atoms with Gasteiger partial charge in [-0.2, -0.15) is 23.3 Å². The van der Waals surface area contributed by atoms with Crippen molar-refractivity contribution >= 4 is 16.8 Å². The maximum atomic E-state index is 13.2. The number of carbonyl (C=O) groups is 1. The molecule has 10 heteroatoms. The molecule has 2 aromatic carbocycles. The lowest BCUT2D eigenvalue weighted by molar-refractivity contribution is -0.137. The van der Waals surface area contributed by atoms with Crippen LogP contribution >= 0.6 is 0 Å². The largest absolute Gasteiger partial charge is 0.416 e. The van der Waals surface area contributed by atoms with Gasteiger partial charge in [0.15, 0.2) is 5.69 Å². The number of rotatable bonds is 3. The Kier molecular flexibility index (Phi) is 4.49. The van der Waals surface area contributed by atoms with Crippen molar-refractivity contribution in [1.82, 2.24) is 25.2 Å². The van der Waals surface area contributed by atoms with Gasteiger partial charge in [-0.05, 0) is 31.0 Å². The first kappa shape index (κ1) is 19.3. The first-order valence-electron chi connectivity index (χ1n) is 9.67. The van der Waals surface area contributed by atoms with E-state index in [1.54, 1.807) is 4.90 Å². The summed E-state index contributed by atoms with van der Waals surface area (Å²) in [7, 11) is 0.